The molecule has 112 valence electrons. The Morgan fingerprint density at radius 2 is 2.10 bits per heavy atom. The molecule has 2 rings (SSSR count). The van der Waals surface area contributed by atoms with Crippen LogP contribution in [-0.4, -0.2) is 41.8 Å². The summed E-state index contributed by atoms with van der Waals surface area (Å²) in [6.07, 6.45) is 6.26. The highest BCUT2D eigenvalue weighted by Crippen LogP contribution is 2.19. The lowest BCUT2D eigenvalue weighted by atomic mass is 10.1. The van der Waals surface area contributed by atoms with Crippen LogP contribution in [0.2, 0.25) is 0 Å². The lowest BCUT2D eigenvalue weighted by Crippen LogP contribution is -2.37. The Bertz CT molecular complexity index is 403. The predicted molar refractivity (Wildman–Crippen MR) is 80.9 cm³/mol. The van der Waals surface area contributed by atoms with Crippen LogP contribution in [0.5, 0.6) is 0 Å². The smallest absolute Gasteiger partial charge is 0.147 e. The zero-order valence-electron chi connectivity index (χ0n) is 12.8. The second kappa shape index (κ2) is 7.55. The summed E-state index contributed by atoms with van der Waals surface area (Å²) >= 11 is 0. The van der Waals surface area contributed by atoms with Crippen LogP contribution in [0.15, 0.2) is 12.4 Å². The first kappa shape index (κ1) is 15.2. The maximum atomic E-state index is 5.68. The van der Waals surface area contributed by atoms with Crippen molar-refractivity contribution >= 4 is 5.82 Å². The first-order chi connectivity index (χ1) is 9.69. The average molecular weight is 278 g/mol. The molecule has 0 spiro atoms. The first-order valence-electron chi connectivity index (χ1n) is 7.60. The zero-order valence-corrected chi connectivity index (χ0v) is 12.8. The van der Waals surface area contributed by atoms with E-state index in [1.54, 1.807) is 0 Å². The molecule has 0 saturated carbocycles. The van der Waals surface area contributed by atoms with Gasteiger partial charge in [-0.2, -0.15) is 0 Å². The van der Waals surface area contributed by atoms with E-state index in [1.165, 1.54) is 0 Å². The molecule has 1 aromatic heterocycles. The van der Waals surface area contributed by atoms with E-state index in [0.717, 1.165) is 50.6 Å². The molecule has 0 unspecified atom stereocenters. The summed E-state index contributed by atoms with van der Waals surface area (Å²) in [5.74, 6) is 0.989. The van der Waals surface area contributed by atoms with Gasteiger partial charge in [-0.1, -0.05) is 13.8 Å². The van der Waals surface area contributed by atoms with E-state index in [9.17, 15) is 0 Å². The minimum absolute atomic E-state index is 0.412. The number of hydrogen-bond acceptors (Lipinski definition) is 5. The second-order valence-corrected chi connectivity index (χ2v) is 5.55. The molecule has 1 aliphatic rings. The van der Waals surface area contributed by atoms with E-state index in [1.807, 2.05) is 12.4 Å². The van der Waals surface area contributed by atoms with Gasteiger partial charge < -0.3 is 15.0 Å². The van der Waals surface area contributed by atoms with Crippen molar-refractivity contribution in [3.05, 3.63) is 18.1 Å². The van der Waals surface area contributed by atoms with Gasteiger partial charge in [0.2, 0.25) is 0 Å². The van der Waals surface area contributed by atoms with Gasteiger partial charge in [0, 0.05) is 38.5 Å². The van der Waals surface area contributed by atoms with Gasteiger partial charge in [0.25, 0.3) is 0 Å². The molecule has 0 radical (unpaired) electrons. The van der Waals surface area contributed by atoms with Crippen molar-refractivity contribution in [3.63, 3.8) is 0 Å². The van der Waals surface area contributed by atoms with E-state index >= 15 is 0 Å². The van der Waals surface area contributed by atoms with Crippen LogP contribution in [0.25, 0.3) is 0 Å². The zero-order chi connectivity index (χ0) is 14.4. The molecule has 1 saturated heterocycles. The molecule has 5 heteroatoms. The van der Waals surface area contributed by atoms with Gasteiger partial charge in [-0.3, -0.25) is 4.98 Å². The molecule has 0 amide bonds. The molecular weight excluding hydrogens is 252 g/mol. The summed E-state index contributed by atoms with van der Waals surface area (Å²) in [7, 11) is 0. The topological polar surface area (TPSA) is 50.3 Å². The van der Waals surface area contributed by atoms with E-state index in [-0.39, 0.29) is 0 Å². The molecule has 0 aromatic carbocycles. The Labute approximate surface area is 121 Å². The van der Waals surface area contributed by atoms with Gasteiger partial charge in [-0.05, 0) is 19.8 Å². The van der Waals surface area contributed by atoms with Crippen molar-refractivity contribution < 1.29 is 4.74 Å². The van der Waals surface area contributed by atoms with Crippen molar-refractivity contribution in [1.82, 2.24) is 15.3 Å². The van der Waals surface area contributed by atoms with E-state index in [0.29, 0.717) is 12.1 Å². The SMILES string of the molecule is CCOC1CCN(c2cncc(CNC(C)C)n2)CC1. The lowest BCUT2D eigenvalue weighted by Gasteiger charge is -2.32. The van der Waals surface area contributed by atoms with E-state index in [4.69, 9.17) is 9.72 Å². The average Bonchev–Trinajstić information content (AvgIpc) is 2.47. The molecular formula is C15H26N4O. The molecule has 0 atom stereocenters. The molecule has 0 aliphatic carbocycles. The second-order valence-electron chi connectivity index (χ2n) is 5.55. The Kier molecular flexibility index (Phi) is 5.73. The highest BCUT2D eigenvalue weighted by Gasteiger charge is 2.20. The molecule has 1 aromatic rings. The number of piperidine rings is 1. The molecule has 1 N–H and O–H groups in total. The van der Waals surface area contributed by atoms with E-state index in [2.05, 4.69) is 36.0 Å². The fraction of sp³-hybridized carbons (Fsp3) is 0.733. The highest BCUT2D eigenvalue weighted by atomic mass is 16.5. The highest BCUT2D eigenvalue weighted by molar-refractivity contribution is 5.36. The Balaban J connectivity index is 1.91. The number of aromatic nitrogens is 2. The summed E-state index contributed by atoms with van der Waals surface area (Å²) in [4.78, 5) is 11.3. The third-order valence-corrected chi connectivity index (χ3v) is 3.53. The van der Waals surface area contributed by atoms with Gasteiger partial charge in [-0.25, -0.2) is 4.98 Å². The standard InChI is InChI=1S/C15H26N4O/c1-4-20-14-5-7-19(8-6-14)15-11-16-9-13(18-15)10-17-12(2)3/h9,11-12,14,17H,4-8,10H2,1-3H3. The normalized spacial score (nSPS) is 16.9. The molecule has 2 heterocycles. The Morgan fingerprint density at radius 3 is 2.75 bits per heavy atom. The van der Waals surface area contributed by atoms with Crippen LogP contribution < -0.4 is 10.2 Å². The summed E-state index contributed by atoms with van der Waals surface area (Å²) in [6.45, 7) is 9.91. The van der Waals surface area contributed by atoms with Gasteiger partial charge in [0.05, 0.1) is 18.0 Å². The minimum Gasteiger partial charge on any atom is -0.378 e. The van der Waals surface area contributed by atoms with Crippen LogP contribution >= 0.6 is 0 Å². The number of hydrogen-bond donors (Lipinski definition) is 1. The molecule has 1 aliphatic heterocycles. The first-order valence-corrected chi connectivity index (χ1v) is 7.60. The summed E-state index contributed by atoms with van der Waals surface area (Å²) in [5, 5.41) is 3.37. The molecule has 0 bridgehead atoms. The number of nitrogens with zero attached hydrogens (tertiary/aromatic N) is 3. The Hall–Kier alpha value is -1.20. The summed E-state index contributed by atoms with van der Waals surface area (Å²) in [6, 6.07) is 0.461. The van der Waals surface area contributed by atoms with Crippen molar-refractivity contribution in [3.8, 4) is 0 Å². The quantitative estimate of drug-likeness (QED) is 0.862. The maximum Gasteiger partial charge on any atom is 0.147 e. The van der Waals surface area contributed by atoms with Crippen molar-refractivity contribution in [1.29, 1.82) is 0 Å². The Morgan fingerprint density at radius 1 is 1.35 bits per heavy atom. The number of ether oxygens (including phenoxy) is 1. The van der Waals surface area contributed by atoms with Gasteiger partial charge >= 0.3 is 0 Å². The largest absolute Gasteiger partial charge is 0.378 e. The van der Waals surface area contributed by atoms with Crippen LogP contribution in [0.4, 0.5) is 5.82 Å². The van der Waals surface area contributed by atoms with Gasteiger partial charge in [0.15, 0.2) is 0 Å². The monoisotopic (exact) mass is 278 g/mol. The minimum atomic E-state index is 0.412. The number of anilines is 1. The molecule has 20 heavy (non-hydrogen) atoms. The summed E-state index contributed by atoms with van der Waals surface area (Å²) in [5.41, 5.74) is 1.00. The predicted octanol–water partition coefficient (Wildman–Crippen LogP) is 1.98. The number of rotatable bonds is 6. The van der Waals surface area contributed by atoms with Crippen LogP contribution in [-0.2, 0) is 11.3 Å². The molecule has 1 fully saturated rings. The maximum absolute atomic E-state index is 5.68. The fourth-order valence-corrected chi connectivity index (χ4v) is 2.43. The fourth-order valence-electron chi connectivity index (χ4n) is 2.43. The van der Waals surface area contributed by atoms with Crippen molar-refractivity contribution in [2.24, 2.45) is 0 Å². The lowest BCUT2D eigenvalue weighted by molar-refractivity contribution is 0.0458. The van der Waals surface area contributed by atoms with Gasteiger partial charge in [-0.15, -0.1) is 0 Å². The van der Waals surface area contributed by atoms with Crippen molar-refractivity contribution in [2.45, 2.75) is 52.3 Å². The third-order valence-electron chi connectivity index (χ3n) is 3.53. The molecule has 5 nitrogen and oxygen atoms in total. The van der Waals surface area contributed by atoms with Crippen LogP contribution in [0.3, 0.4) is 0 Å². The number of nitrogens with one attached hydrogen (secondary N) is 1. The van der Waals surface area contributed by atoms with Crippen LogP contribution in [0.1, 0.15) is 39.3 Å². The third kappa shape index (κ3) is 4.42. The summed E-state index contributed by atoms with van der Waals surface area (Å²) < 4.78 is 5.68. The van der Waals surface area contributed by atoms with E-state index < -0.39 is 0 Å². The van der Waals surface area contributed by atoms with Gasteiger partial charge in [0.1, 0.15) is 5.82 Å². The van der Waals surface area contributed by atoms with Crippen molar-refractivity contribution in [2.75, 3.05) is 24.6 Å². The van der Waals surface area contributed by atoms with Crippen LogP contribution in [0, 0.1) is 0 Å².